The van der Waals surface area contributed by atoms with E-state index in [9.17, 15) is 24.9 Å². The Morgan fingerprint density at radius 3 is 2.53 bits per heavy atom. The summed E-state index contributed by atoms with van der Waals surface area (Å²) in [5.41, 5.74) is 3.38. The Labute approximate surface area is 174 Å². The summed E-state index contributed by atoms with van der Waals surface area (Å²) in [6.07, 6.45) is 2.35. The number of allylic oxidation sites excluding steroid dienone is 2. The second-order valence-corrected chi connectivity index (χ2v) is 7.36. The number of carbonyl (C=O) groups excluding carboxylic acids is 1. The maximum Gasteiger partial charge on any atom is 0.342 e. The maximum absolute atomic E-state index is 12.0. The Morgan fingerprint density at radius 1 is 1.27 bits per heavy atom. The molecule has 3 N–H and O–H groups in total. The highest BCUT2D eigenvalue weighted by molar-refractivity contribution is 5.98. The number of carbonyl (C=O) groups is 2. The Balaban J connectivity index is 1.88. The van der Waals surface area contributed by atoms with Crippen LogP contribution in [0.4, 0.5) is 0 Å². The number of aliphatic carboxylic acids is 1. The van der Waals surface area contributed by atoms with Gasteiger partial charge in [-0.15, -0.1) is 0 Å². The van der Waals surface area contributed by atoms with E-state index < -0.39 is 17.9 Å². The van der Waals surface area contributed by atoms with Gasteiger partial charge in [-0.1, -0.05) is 23.8 Å². The molecule has 1 aliphatic heterocycles. The fraction of sp³-hybridized carbons (Fsp3) is 0.304. The summed E-state index contributed by atoms with van der Waals surface area (Å²) in [6, 6.07) is 6.09. The number of cyclic esters (lactones) is 1. The summed E-state index contributed by atoms with van der Waals surface area (Å²) in [5.74, 6) is -1.90. The van der Waals surface area contributed by atoms with Crippen molar-refractivity contribution in [1.29, 1.82) is 0 Å². The molecule has 1 heterocycles. The maximum atomic E-state index is 12.0. The third-order valence-electron chi connectivity index (χ3n) is 5.42. The van der Waals surface area contributed by atoms with Crippen LogP contribution >= 0.6 is 0 Å². The second kappa shape index (κ2) is 8.49. The number of carboxylic acid groups (broad SMARTS) is 1. The summed E-state index contributed by atoms with van der Waals surface area (Å²) in [7, 11) is 1.50. The zero-order valence-corrected chi connectivity index (χ0v) is 17.1. The third kappa shape index (κ3) is 3.96. The molecule has 30 heavy (non-hydrogen) atoms. The Hall–Kier alpha value is -3.48. The Kier molecular flexibility index (Phi) is 6.01. The summed E-state index contributed by atoms with van der Waals surface area (Å²) < 4.78 is 10.5. The largest absolute Gasteiger partial charge is 0.508 e. The van der Waals surface area contributed by atoms with E-state index in [4.69, 9.17) is 9.47 Å². The third-order valence-corrected chi connectivity index (χ3v) is 5.42. The van der Waals surface area contributed by atoms with Gasteiger partial charge in [0, 0.05) is 11.1 Å². The van der Waals surface area contributed by atoms with Gasteiger partial charge in [0.05, 0.1) is 13.0 Å². The molecule has 0 saturated carbocycles. The van der Waals surface area contributed by atoms with Crippen molar-refractivity contribution in [3.05, 3.63) is 63.7 Å². The molecule has 3 rings (SSSR count). The highest BCUT2D eigenvalue weighted by Crippen LogP contribution is 2.42. The van der Waals surface area contributed by atoms with Gasteiger partial charge in [-0.2, -0.15) is 0 Å². The van der Waals surface area contributed by atoms with E-state index in [1.54, 1.807) is 12.1 Å². The van der Waals surface area contributed by atoms with Crippen LogP contribution in [-0.4, -0.2) is 34.4 Å². The van der Waals surface area contributed by atoms with Crippen molar-refractivity contribution in [3.63, 3.8) is 0 Å². The molecule has 0 radical (unpaired) electrons. The molecule has 0 fully saturated rings. The number of benzene rings is 2. The van der Waals surface area contributed by atoms with Crippen LogP contribution < -0.4 is 4.74 Å². The van der Waals surface area contributed by atoms with E-state index in [-0.39, 0.29) is 36.5 Å². The van der Waals surface area contributed by atoms with Crippen LogP contribution in [0.15, 0.2) is 35.9 Å². The molecule has 0 aromatic heterocycles. The van der Waals surface area contributed by atoms with Crippen LogP contribution in [0.1, 0.15) is 51.9 Å². The van der Waals surface area contributed by atoms with E-state index in [2.05, 4.69) is 0 Å². The number of carboxylic acids is 1. The summed E-state index contributed by atoms with van der Waals surface area (Å²) in [6.45, 7) is 3.73. The first-order valence-electron chi connectivity index (χ1n) is 9.50. The molecule has 0 saturated heterocycles. The average molecular weight is 412 g/mol. The number of ether oxygens (including phenoxy) is 2. The zero-order valence-electron chi connectivity index (χ0n) is 17.1. The lowest BCUT2D eigenvalue weighted by Gasteiger charge is -2.16. The van der Waals surface area contributed by atoms with Crippen molar-refractivity contribution in [2.24, 2.45) is 0 Å². The minimum atomic E-state index is -0.968. The second-order valence-electron chi connectivity index (χ2n) is 7.36. The minimum Gasteiger partial charge on any atom is -0.508 e. The summed E-state index contributed by atoms with van der Waals surface area (Å²) in [4.78, 5) is 23.8. The van der Waals surface area contributed by atoms with E-state index in [0.29, 0.717) is 22.4 Å². The Bertz CT molecular complexity index is 1020. The molecule has 7 heteroatoms. The molecule has 1 aliphatic rings. The Morgan fingerprint density at radius 2 is 1.93 bits per heavy atom. The lowest BCUT2D eigenvalue weighted by atomic mass is 9.91. The fourth-order valence-corrected chi connectivity index (χ4v) is 3.76. The molecule has 0 aliphatic carbocycles. The number of hydrogen-bond acceptors (Lipinski definition) is 6. The average Bonchev–Trinajstić information content (AvgIpc) is 3.10. The summed E-state index contributed by atoms with van der Waals surface area (Å²) in [5, 5.41) is 29.7. The molecule has 1 unspecified atom stereocenters. The topological polar surface area (TPSA) is 113 Å². The highest BCUT2D eigenvalue weighted by Gasteiger charge is 2.32. The van der Waals surface area contributed by atoms with Crippen LogP contribution in [0.3, 0.4) is 0 Å². The quantitative estimate of drug-likeness (QED) is 0.468. The molecule has 2 aromatic rings. The van der Waals surface area contributed by atoms with Crippen molar-refractivity contribution in [3.8, 4) is 17.2 Å². The van der Waals surface area contributed by atoms with E-state index in [1.807, 2.05) is 19.9 Å². The number of phenolic OH excluding ortho intramolecular Hbond substituents is 2. The van der Waals surface area contributed by atoms with Gasteiger partial charge in [0.25, 0.3) is 0 Å². The standard InChI is InChI=1S/C23H24O7/c1-12(10-17(22(26)27)14-5-7-15(24)8-6-14)4-9-16-20(25)19-18(11-30-23(19)28)13(2)21(16)29-3/h4-8,17,24-25H,9-11H2,1-3H3,(H,26,27)/b12-4+. The lowest BCUT2D eigenvalue weighted by Crippen LogP contribution is -2.12. The highest BCUT2D eigenvalue weighted by atomic mass is 16.5. The van der Waals surface area contributed by atoms with Crippen molar-refractivity contribution >= 4 is 11.9 Å². The molecule has 2 aromatic carbocycles. The minimum absolute atomic E-state index is 0.0724. The molecular formula is C23H24O7. The molecule has 158 valence electrons. The first-order valence-corrected chi connectivity index (χ1v) is 9.50. The SMILES string of the molecule is COc1c(C)c2c(c(O)c1C/C=C(\C)CC(C(=O)O)c1ccc(O)cc1)C(=O)OC2. The van der Waals surface area contributed by atoms with Gasteiger partial charge >= 0.3 is 11.9 Å². The van der Waals surface area contributed by atoms with E-state index in [1.165, 1.54) is 19.2 Å². The monoisotopic (exact) mass is 412 g/mol. The fourth-order valence-electron chi connectivity index (χ4n) is 3.76. The summed E-state index contributed by atoms with van der Waals surface area (Å²) >= 11 is 0. The number of rotatable bonds is 7. The molecule has 1 atom stereocenters. The smallest absolute Gasteiger partial charge is 0.342 e. The molecule has 0 amide bonds. The van der Waals surface area contributed by atoms with Gasteiger partial charge in [-0.3, -0.25) is 4.79 Å². The number of phenols is 2. The molecular weight excluding hydrogens is 388 g/mol. The zero-order chi connectivity index (χ0) is 22.0. The van der Waals surface area contributed by atoms with E-state index in [0.717, 1.165) is 11.1 Å². The van der Waals surface area contributed by atoms with E-state index >= 15 is 0 Å². The van der Waals surface area contributed by atoms with Crippen LogP contribution in [0.2, 0.25) is 0 Å². The normalized spacial score (nSPS) is 14.2. The van der Waals surface area contributed by atoms with Gasteiger partial charge in [0.15, 0.2) is 0 Å². The predicted octanol–water partition coefficient (Wildman–Crippen LogP) is 3.83. The van der Waals surface area contributed by atoms with Crippen molar-refractivity contribution in [2.75, 3.05) is 7.11 Å². The van der Waals surface area contributed by atoms with Crippen LogP contribution in [0, 0.1) is 6.92 Å². The number of methoxy groups -OCH3 is 1. The number of aromatic hydroxyl groups is 2. The number of esters is 1. The van der Waals surface area contributed by atoms with Crippen LogP contribution in [0.25, 0.3) is 0 Å². The number of hydrogen-bond donors (Lipinski definition) is 3. The van der Waals surface area contributed by atoms with Gasteiger partial charge in [-0.05, 0) is 49.9 Å². The molecule has 0 spiro atoms. The van der Waals surface area contributed by atoms with Gasteiger partial charge in [0.2, 0.25) is 0 Å². The van der Waals surface area contributed by atoms with Gasteiger partial charge in [-0.25, -0.2) is 4.79 Å². The predicted molar refractivity (Wildman–Crippen MR) is 109 cm³/mol. The van der Waals surface area contributed by atoms with Crippen LogP contribution in [0.5, 0.6) is 17.2 Å². The lowest BCUT2D eigenvalue weighted by molar-refractivity contribution is -0.138. The van der Waals surface area contributed by atoms with Crippen LogP contribution in [-0.2, 0) is 22.6 Å². The molecule has 0 bridgehead atoms. The van der Waals surface area contributed by atoms with Gasteiger partial charge in [0.1, 0.15) is 29.4 Å². The van der Waals surface area contributed by atoms with Crippen molar-refractivity contribution < 1.29 is 34.4 Å². The number of fused-ring (bicyclic) bond motifs is 1. The van der Waals surface area contributed by atoms with Crippen molar-refractivity contribution in [1.82, 2.24) is 0 Å². The first kappa shape index (κ1) is 21.2. The molecule has 7 nitrogen and oxygen atoms in total. The van der Waals surface area contributed by atoms with Crippen molar-refractivity contribution in [2.45, 2.75) is 39.2 Å². The first-order chi connectivity index (χ1) is 14.2. The van der Waals surface area contributed by atoms with Gasteiger partial charge < -0.3 is 24.8 Å².